The van der Waals surface area contributed by atoms with Crippen molar-refractivity contribution in [3.63, 3.8) is 0 Å². The summed E-state index contributed by atoms with van der Waals surface area (Å²) in [6.07, 6.45) is 0.951. The van der Waals surface area contributed by atoms with Gasteiger partial charge in [-0.2, -0.15) is 0 Å². The Hall–Kier alpha value is -2.36. The third-order valence-corrected chi connectivity index (χ3v) is 6.18. The number of likely N-dealkylation sites (N-methyl/N-ethyl adjacent to an activating group) is 1. The van der Waals surface area contributed by atoms with Gasteiger partial charge in [-0.25, -0.2) is 12.8 Å². The third-order valence-electron chi connectivity index (χ3n) is 4.60. The van der Waals surface area contributed by atoms with Crippen LogP contribution in [0, 0.1) is 5.82 Å². The summed E-state index contributed by atoms with van der Waals surface area (Å²) in [5.74, 6) is -1.47. The smallest absolute Gasteiger partial charge is 0.244 e. The van der Waals surface area contributed by atoms with Gasteiger partial charge in [0.2, 0.25) is 21.8 Å². The van der Waals surface area contributed by atoms with Crippen molar-refractivity contribution in [3.8, 4) is 0 Å². The average Bonchev–Trinajstić information content (AvgIpc) is 2.69. The van der Waals surface area contributed by atoms with Crippen molar-refractivity contribution >= 4 is 50.7 Å². The molecule has 0 saturated carbocycles. The number of halogens is 3. The Labute approximate surface area is 197 Å². The van der Waals surface area contributed by atoms with Crippen LogP contribution in [-0.2, 0) is 26.2 Å². The number of nitrogens with one attached hydrogen (secondary N) is 1. The van der Waals surface area contributed by atoms with Gasteiger partial charge in [-0.3, -0.25) is 13.9 Å². The second-order valence-electron chi connectivity index (χ2n) is 7.12. The SMILES string of the molecule is CCNC(=O)[C@@H](C)N(Cc1ccc(F)cc1)C(=O)CN(c1cc(Cl)cc(Cl)c1)S(C)(=O)=O. The normalized spacial score (nSPS) is 12.2. The van der Waals surface area contributed by atoms with Gasteiger partial charge >= 0.3 is 0 Å². The molecule has 2 aromatic rings. The van der Waals surface area contributed by atoms with Gasteiger partial charge < -0.3 is 10.2 Å². The Bertz CT molecular complexity index is 1060. The molecule has 2 amide bonds. The van der Waals surface area contributed by atoms with Crippen molar-refractivity contribution in [2.24, 2.45) is 0 Å². The molecule has 0 saturated heterocycles. The Morgan fingerprint density at radius 2 is 1.66 bits per heavy atom. The lowest BCUT2D eigenvalue weighted by molar-refractivity contribution is -0.139. The Morgan fingerprint density at radius 3 is 2.16 bits per heavy atom. The molecule has 0 aliphatic heterocycles. The summed E-state index contributed by atoms with van der Waals surface area (Å²) in [4.78, 5) is 26.9. The number of nitrogens with zero attached hydrogens (tertiary/aromatic N) is 2. The lowest BCUT2D eigenvalue weighted by Crippen LogP contribution is -2.51. The highest BCUT2D eigenvalue weighted by Crippen LogP contribution is 2.27. The summed E-state index contributed by atoms with van der Waals surface area (Å²) in [6, 6.07) is 8.75. The largest absolute Gasteiger partial charge is 0.355 e. The first-order valence-electron chi connectivity index (χ1n) is 9.67. The molecule has 0 bridgehead atoms. The van der Waals surface area contributed by atoms with Crippen LogP contribution in [0.4, 0.5) is 10.1 Å². The van der Waals surface area contributed by atoms with Crippen LogP contribution >= 0.6 is 23.2 Å². The molecule has 0 aliphatic rings. The van der Waals surface area contributed by atoms with Gasteiger partial charge in [0.25, 0.3) is 0 Å². The predicted octanol–water partition coefficient (Wildman–Crippen LogP) is 3.45. The number of anilines is 1. The maximum Gasteiger partial charge on any atom is 0.244 e. The molecule has 0 aliphatic carbocycles. The van der Waals surface area contributed by atoms with E-state index in [1.807, 2.05) is 0 Å². The van der Waals surface area contributed by atoms with Crippen LogP contribution in [-0.4, -0.2) is 50.5 Å². The van der Waals surface area contributed by atoms with Crippen molar-refractivity contribution < 1.29 is 22.4 Å². The number of hydrogen-bond donors (Lipinski definition) is 1. The van der Waals surface area contributed by atoms with E-state index in [4.69, 9.17) is 23.2 Å². The molecule has 32 heavy (non-hydrogen) atoms. The maximum absolute atomic E-state index is 13.3. The summed E-state index contributed by atoms with van der Waals surface area (Å²) >= 11 is 12.0. The summed E-state index contributed by atoms with van der Waals surface area (Å²) in [7, 11) is -3.90. The summed E-state index contributed by atoms with van der Waals surface area (Å²) in [5, 5.41) is 3.05. The van der Waals surface area contributed by atoms with Gasteiger partial charge in [-0.05, 0) is 49.7 Å². The minimum Gasteiger partial charge on any atom is -0.355 e. The number of sulfonamides is 1. The molecule has 0 heterocycles. The van der Waals surface area contributed by atoms with Crippen LogP contribution in [0.15, 0.2) is 42.5 Å². The fourth-order valence-electron chi connectivity index (χ4n) is 2.99. The van der Waals surface area contributed by atoms with Gasteiger partial charge in [-0.1, -0.05) is 35.3 Å². The van der Waals surface area contributed by atoms with E-state index in [0.717, 1.165) is 10.6 Å². The number of amides is 2. The van der Waals surface area contributed by atoms with Crippen LogP contribution in [0.5, 0.6) is 0 Å². The molecule has 0 unspecified atom stereocenters. The number of carbonyl (C=O) groups excluding carboxylic acids is 2. The zero-order valence-electron chi connectivity index (χ0n) is 17.8. The first-order chi connectivity index (χ1) is 14.9. The van der Waals surface area contributed by atoms with Crippen LogP contribution in [0.2, 0.25) is 10.0 Å². The van der Waals surface area contributed by atoms with E-state index in [1.165, 1.54) is 54.3 Å². The molecule has 11 heteroatoms. The number of rotatable bonds is 9. The molecule has 174 valence electrons. The molecule has 0 fully saturated rings. The summed E-state index contributed by atoms with van der Waals surface area (Å²) < 4.78 is 39.1. The monoisotopic (exact) mass is 503 g/mol. The Kier molecular flexibility index (Phi) is 8.89. The Balaban J connectivity index is 2.40. The van der Waals surface area contributed by atoms with Crippen LogP contribution in [0.3, 0.4) is 0 Å². The van der Waals surface area contributed by atoms with Crippen molar-refractivity contribution in [1.82, 2.24) is 10.2 Å². The van der Waals surface area contributed by atoms with E-state index in [0.29, 0.717) is 12.1 Å². The summed E-state index contributed by atoms with van der Waals surface area (Å²) in [5.41, 5.74) is 0.693. The lowest BCUT2D eigenvalue weighted by atomic mass is 10.1. The molecular formula is C21H24Cl2FN3O4S. The van der Waals surface area contributed by atoms with E-state index in [2.05, 4.69) is 5.32 Å². The lowest BCUT2D eigenvalue weighted by Gasteiger charge is -2.31. The highest BCUT2D eigenvalue weighted by Gasteiger charge is 2.30. The molecular weight excluding hydrogens is 480 g/mol. The standard InChI is InChI=1S/C21H24Cl2FN3O4S/c1-4-25-21(29)14(2)26(12-15-5-7-18(24)8-6-15)20(28)13-27(32(3,30)31)19-10-16(22)9-17(23)11-19/h5-11,14H,4,12-13H2,1-3H3,(H,25,29)/t14-/m1/s1. The second-order valence-corrected chi connectivity index (χ2v) is 9.90. The van der Waals surface area contributed by atoms with Gasteiger partial charge in [0, 0.05) is 23.1 Å². The number of carbonyl (C=O) groups is 2. The van der Waals surface area contributed by atoms with Gasteiger partial charge in [-0.15, -0.1) is 0 Å². The molecule has 2 rings (SSSR count). The minimum absolute atomic E-state index is 0.0225. The molecule has 0 aromatic heterocycles. The second kappa shape index (κ2) is 11.0. The van der Waals surface area contributed by atoms with Gasteiger partial charge in [0.05, 0.1) is 11.9 Å². The van der Waals surface area contributed by atoms with Crippen molar-refractivity contribution in [1.29, 1.82) is 0 Å². The first-order valence-corrected chi connectivity index (χ1v) is 12.3. The quantitative estimate of drug-likeness (QED) is 0.567. The topological polar surface area (TPSA) is 86.8 Å². The average molecular weight is 504 g/mol. The summed E-state index contributed by atoms with van der Waals surface area (Å²) in [6.45, 7) is 3.03. The van der Waals surface area contributed by atoms with E-state index in [-0.39, 0.29) is 22.3 Å². The zero-order valence-corrected chi connectivity index (χ0v) is 20.1. The molecule has 1 N–H and O–H groups in total. The number of hydrogen-bond acceptors (Lipinski definition) is 4. The molecule has 1 atom stereocenters. The van der Waals surface area contributed by atoms with E-state index in [9.17, 15) is 22.4 Å². The van der Waals surface area contributed by atoms with Crippen molar-refractivity contribution in [2.45, 2.75) is 26.4 Å². The van der Waals surface area contributed by atoms with Gasteiger partial charge in [0.15, 0.2) is 0 Å². The number of benzene rings is 2. The van der Waals surface area contributed by atoms with Crippen LogP contribution in [0.1, 0.15) is 19.4 Å². The van der Waals surface area contributed by atoms with Crippen molar-refractivity contribution in [3.05, 3.63) is 63.9 Å². The maximum atomic E-state index is 13.3. The minimum atomic E-state index is -3.90. The predicted molar refractivity (Wildman–Crippen MR) is 124 cm³/mol. The Morgan fingerprint density at radius 1 is 1.09 bits per heavy atom. The molecule has 7 nitrogen and oxygen atoms in total. The highest BCUT2D eigenvalue weighted by atomic mass is 35.5. The van der Waals surface area contributed by atoms with E-state index >= 15 is 0 Å². The third kappa shape index (κ3) is 7.08. The molecule has 2 aromatic carbocycles. The van der Waals surface area contributed by atoms with Crippen LogP contribution in [0.25, 0.3) is 0 Å². The van der Waals surface area contributed by atoms with Gasteiger partial charge in [0.1, 0.15) is 18.4 Å². The fraction of sp³-hybridized carbons (Fsp3) is 0.333. The zero-order chi connectivity index (χ0) is 24.1. The first kappa shape index (κ1) is 25.9. The van der Waals surface area contributed by atoms with Crippen molar-refractivity contribution in [2.75, 3.05) is 23.7 Å². The van der Waals surface area contributed by atoms with E-state index < -0.39 is 40.2 Å². The molecule has 0 radical (unpaired) electrons. The highest BCUT2D eigenvalue weighted by molar-refractivity contribution is 7.92. The van der Waals surface area contributed by atoms with Crippen LogP contribution < -0.4 is 9.62 Å². The molecule has 0 spiro atoms. The fourth-order valence-corrected chi connectivity index (χ4v) is 4.34. The van der Waals surface area contributed by atoms with E-state index in [1.54, 1.807) is 6.92 Å².